The number of carbonyl (C=O) groups excluding carboxylic acids is 1. The minimum Gasteiger partial charge on any atom is -0.489 e. The van der Waals surface area contributed by atoms with Crippen LogP contribution in [0.4, 0.5) is 28.9 Å². The number of hydrogen-bond donors (Lipinski definition) is 1. The Morgan fingerprint density at radius 3 is 2.55 bits per heavy atom. The number of pyridine rings is 1. The van der Waals surface area contributed by atoms with E-state index in [1.54, 1.807) is 11.0 Å². The minimum absolute atomic E-state index is 0.0638. The Bertz CT molecular complexity index is 1260. The third kappa shape index (κ3) is 4.65. The van der Waals surface area contributed by atoms with Crippen molar-refractivity contribution in [2.45, 2.75) is 36.5 Å². The first-order chi connectivity index (χ1) is 18.2. The largest absolute Gasteiger partial charge is 0.489 e. The van der Waals surface area contributed by atoms with E-state index in [-0.39, 0.29) is 11.4 Å². The highest BCUT2D eigenvalue weighted by molar-refractivity contribution is 7.81. The van der Waals surface area contributed by atoms with Crippen molar-refractivity contribution in [2.24, 2.45) is 0 Å². The Balaban J connectivity index is 1.39. The lowest BCUT2D eigenvalue weighted by atomic mass is 9.75. The standard InChI is InChI=1S/C25H25F4N5O3S/c26-19-13-16(2-3-21(19)37-11-8-32-6-9-36-10-7-32)34-23(38)33(22(35)24(34)4-1-5-24)17-12-18(25(27,28)29)20(14-30)31-15-17/h2-3,12-13,15,23,38H,1,4-11H2. The first kappa shape index (κ1) is 26.5. The van der Waals surface area contributed by atoms with Crippen LogP contribution in [0.15, 0.2) is 30.5 Å². The molecule has 0 bridgehead atoms. The molecule has 1 atom stereocenters. The number of benzene rings is 1. The van der Waals surface area contributed by atoms with Crippen LogP contribution in [0.5, 0.6) is 5.75 Å². The lowest BCUT2D eigenvalue weighted by molar-refractivity contribution is -0.138. The summed E-state index contributed by atoms with van der Waals surface area (Å²) in [4.78, 5) is 22.1. The molecule has 1 unspecified atom stereocenters. The number of alkyl halides is 3. The highest BCUT2D eigenvalue weighted by Crippen LogP contribution is 2.50. The summed E-state index contributed by atoms with van der Waals surface area (Å²) in [5.41, 5.74) is -3.90. The van der Waals surface area contributed by atoms with Crippen molar-refractivity contribution in [3.05, 3.63) is 47.5 Å². The van der Waals surface area contributed by atoms with Crippen LogP contribution in [0.2, 0.25) is 0 Å². The predicted octanol–water partition coefficient (Wildman–Crippen LogP) is 3.81. The van der Waals surface area contributed by atoms with Crippen LogP contribution in [-0.4, -0.2) is 66.3 Å². The number of amides is 1. The lowest BCUT2D eigenvalue weighted by Gasteiger charge is -2.44. The van der Waals surface area contributed by atoms with Crippen molar-refractivity contribution < 1.29 is 31.8 Å². The van der Waals surface area contributed by atoms with Gasteiger partial charge in [-0.2, -0.15) is 18.4 Å². The van der Waals surface area contributed by atoms with Gasteiger partial charge in [0.05, 0.1) is 30.7 Å². The van der Waals surface area contributed by atoms with Gasteiger partial charge in [-0.25, -0.2) is 9.37 Å². The number of ether oxygens (including phenoxy) is 2. The van der Waals surface area contributed by atoms with Crippen LogP contribution >= 0.6 is 12.6 Å². The van der Waals surface area contributed by atoms with Gasteiger partial charge in [0.1, 0.15) is 18.2 Å². The first-order valence-electron chi connectivity index (χ1n) is 12.2. The zero-order valence-electron chi connectivity index (χ0n) is 20.2. The van der Waals surface area contributed by atoms with Crippen LogP contribution in [0.3, 0.4) is 0 Å². The van der Waals surface area contributed by atoms with E-state index in [1.165, 1.54) is 18.2 Å². The number of rotatable bonds is 6. The van der Waals surface area contributed by atoms with Gasteiger partial charge in [0.2, 0.25) is 0 Å². The molecule has 1 aliphatic carbocycles. The number of thiol groups is 1. The molecule has 1 spiro atoms. The average Bonchev–Trinajstić information content (AvgIpc) is 3.11. The van der Waals surface area contributed by atoms with Crippen molar-refractivity contribution in [2.75, 3.05) is 49.3 Å². The molecule has 5 rings (SSSR count). The van der Waals surface area contributed by atoms with Gasteiger partial charge in [-0.1, -0.05) is 0 Å². The van der Waals surface area contributed by atoms with Crippen molar-refractivity contribution >= 4 is 29.9 Å². The summed E-state index contributed by atoms with van der Waals surface area (Å²) < 4.78 is 66.7. The molecule has 1 saturated carbocycles. The summed E-state index contributed by atoms with van der Waals surface area (Å²) in [7, 11) is 0. The summed E-state index contributed by atoms with van der Waals surface area (Å²) >= 11 is 4.58. The Hall–Kier alpha value is -3.08. The Morgan fingerprint density at radius 2 is 1.95 bits per heavy atom. The van der Waals surface area contributed by atoms with Crippen molar-refractivity contribution in [3.63, 3.8) is 0 Å². The molecule has 1 aromatic carbocycles. The number of nitriles is 1. The molecule has 3 aliphatic rings. The second kappa shape index (κ2) is 10.2. The summed E-state index contributed by atoms with van der Waals surface area (Å²) in [6, 6.07) is 6.51. The first-order valence-corrected chi connectivity index (χ1v) is 12.7. The van der Waals surface area contributed by atoms with Crippen LogP contribution < -0.4 is 14.5 Å². The highest BCUT2D eigenvalue weighted by atomic mass is 32.1. The molecule has 3 fully saturated rings. The molecule has 0 radical (unpaired) electrons. The number of carbonyl (C=O) groups is 1. The molecular formula is C25H25F4N5O3S. The monoisotopic (exact) mass is 551 g/mol. The van der Waals surface area contributed by atoms with E-state index in [2.05, 4.69) is 22.5 Å². The number of aromatic nitrogens is 1. The topological polar surface area (TPSA) is 81.9 Å². The normalized spacial score (nSPS) is 21.5. The maximum atomic E-state index is 15.1. The molecule has 2 saturated heterocycles. The number of morpholine rings is 1. The summed E-state index contributed by atoms with van der Waals surface area (Å²) in [6.07, 6.45) is -2.18. The Kier molecular flexibility index (Phi) is 7.15. The van der Waals surface area contributed by atoms with E-state index >= 15 is 4.39 Å². The van der Waals surface area contributed by atoms with Gasteiger partial charge in [-0.15, -0.1) is 12.6 Å². The van der Waals surface area contributed by atoms with E-state index < -0.39 is 40.2 Å². The van der Waals surface area contributed by atoms with Gasteiger partial charge in [0.15, 0.2) is 22.8 Å². The van der Waals surface area contributed by atoms with E-state index in [9.17, 15) is 18.0 Å². The fourth-order valence-electron chi connectivity index (χ4n) is 5.12. The maximum Gasteiger partial charge on any atom is 0.419 e. The zero-order valence-corrected chi connectivity index (χ0v) is 21.1. The SMILES string of the molecule is N#Cc1ncc(N2C(=O)C3(CCC3)N(c3ccc(OCCN4CCOCC4)c(F)c3)C2S)cc1C(F)(F)F. The lowest BCUT2D eigenvalue weighted by Crippen LogP contribution is -2.55. The molecule has 1 aromatic heterocycles. The van der Waals surface area contributed by atoms with Crippen LogP contribution in [0.25, 0.3) is 0 Å². The van der Waals surface area contributed by atoms with Crippen LogP contribution in [0, 0.1) is 17.1 Å². The molecule has 2 aromatic rings. The molecule has 2 aliphatic heterocycles. The van der Waals surface area contributed by atoms with Gasteiger partial charge in [-0.05, 0) is 37.5 Å². The zero-order chi connectivity index (χ0) is 27.1. The van der Waals surface area contributed by atoms with Gasteiger partial charge >= 0.3 is 6.18 Å². The fourth-order valence-corrected chi connectivity index (χ4v) is 5.72. The molecule has 38 heavy (non-hydrogen) atoms. The minimum atomic E-state index is -4.84. The summed E-state index contributed by atoms with van der Waals surface area (Å²) in [5, 5.41) is 9.06. The van der Waals surface area contributed by atoms with E-state index in [0.29, 0.717) is 44.9 Å². The number of nitrogens with zero attached hydrogens (tertiary/aromatic N) is 5. The number of halogens is 4. The molecular weight excluding hydrogens is 526 g/mol. The smallest absolute Gasteiger partial charge is 0.419 e. The van der Waals surface area contributed by atoms with E-state index in [1.807, 2.05) is 0 Å². The van der Waals surface area contributed by atoms with Crippen LogP contribution in [-0.2, 0) is 15.7 Å². The van der Waals surface area contributed by atoms with Gasteiger partial charge in [0, 0.05) is 31.4 Å². The average molecular weight is 552 g/mol. The number of anilines is 2. The van der Waals surface area contributed by atoms with E-state index in [4.69, 9.17) is 14.7 Å². The van der Waals surface area contributed by atoms with Gasteiger partial charge in [0.25, 0.3) is 5.91 Å². The van der Waals surface area contributed by atoms with Gasteiger partial charge in [-0.3, -0.25) is 14.6 Å². The van der Waals surface area contributed by atoms with Crippen molar-refractivity contribution in [3.8, 4) is 11.8 Å². The number of hydrogen-bond acceptors (Lipinski definition) is 8. The Morgan fingerprint density at radius 1 is 1.21 bits per heavy atom. The Labute approximate surface area is 222 Å². The molecule has 13 heteroatoms. The van der Waals surface area contributed by atoms with Crippen LogP contribution in [0.1, 0.15) is 30.5 Å². The second-order valence-corrected chi connectivity index (χ2v) is 9.86. The van der Waals surface area contributed by atoms with E-state index in [0.717, 1.165) is 36.7 Å². The summed E-state index contributed by atoms with van der Waals surface area (Å²) in [5.74, 6) is -1.01. The van der Waals surface area contributed by atoms with Crippen molar-refractivity contribution in [1.29, 1.82) is 5.26 Å². The quantitative estimate of drug-likeness (QED) is 0.432. The molecule has 202 valence electrons. The van der Waals surface area contributed by atoms with Gasteiger partial charge < -0.3 is 14.4 Å². The fraction of sp³-hybridized carbons (Fsp3) is 0.480. The molecule has 0 N–H and O–H groups in total. The third-order valence-electron chi connectivity index (χ3n) is 7.25. The summed E-state index contributed by atoms with van der Waals surface area (Å²) in [6.45, 7) is 3.79. The second-order valence-electron chi connectivity index (χ2n) is 9.39. The van der Waals surface area contributed by atoms with Crippen molar-refractivity contribution in [1.82, 2.24) is 9.88 Å². The molecule has 8 nitrogen and oxygen atoms in total. The third-order valence-corrected chi connectivity index (χ3v) is 7.71. The predicted molar refractivity (Wildman–Crippen MR) is 132 cm³/mol. The highest BCUT2D eigenvalue weighted by Gasteiger charge is 2.60. The maximum absolute atomic E-state index is 15.1. The molecule has 3 heterocycles. The molecule has 1 amide bonds.